The van der Waals surface area contributed by atoms with Crippen molar-refractivity contribution in [1.29, 1.82) is 0 Å². The molecule has 0 unspecified atom stereocenters. The van der Waals surface area contributed by atoms with Crippen LogP contribution >= 0.6 is 0 Å². The van der Waals surface area contributed by atoms with Gasteiger partial charge in [-0.25, -0.2) is 14.6 Å². The molecule has 0 aliphatic rings. The van der Waals surface area contributed by atoms with Crippen LogP contribution in [0.25, 0.3) is 0 Å². The van der Waals surface area contributed by atoms with E-state index in [4.69, 9.17) is 10.5 Å². The quantitative estimate of drug-likeness (QED) is 0.436. The zero-order chi connectivity index (χ0) is 14.8. The fourth-order valence-corrected chi connectivity index (χ4v) is 1.59. The largest absolute Gasteiger partial charge is 0.490 e. The van der Waals surface area contributed by atoms with E-state index in [2.05, 4.69) is 17.5 Å². The lowest BCUT2D eigenvalue weighted by Gasteiger charge is -2.07. The number of hydrazone groups is 1. The van der Waals surface area contributed by atoms with Gasteiger partial charge in [-0.3, -0.25) is 0 Å². The Labute approximate surface area is 118 Å². The number of ether oxygens (including phenoxy) is 1. The predicted octanol–water partition coefficient (Wildman–Crippen LogP) is 2.79. The molecule has 0 saturated heterocycles. The zero-order valence-corrected chi connectivity index (χ0v) is 11.6. The molecule has 5 nitrogen and oxygen atoms in total. The molecule has 0 saturated carbocycles. The van der Waals surface area contributed by atoms with Gasteiger partial charge >= 0.3 is 6.03 Å². The summed E-state index contributed by atoms with van der Waals surface area (Å²) in [5.41, 5.74) is 7.55. The summed E-state index contributed by atoms with van der Waals surface area (Å²) in [5, 5.41) is 3.61. The molecule has 2 amide bonds. The molecule has 3 N–H and O–H groups in total. The number of unbranched alkanes of at least 4 members (excludes halogenated alkanes) is 3. The Hall–Kier alpha value is -2.11. The van der Waals surface area contributed by atoms with Crippen LogP contribution in [-0.2, 0) is 0 Å². The van der Waals surface area contributed by atoms with Gasteiger partial charge in [0.2, 0.25) is 0 Å². The Kier molecular flexibility index (Phi) is 7.10. The molecule has 1 aromatic rings. The monoisotopic (exact) mass is 281 g/mol. The molecule has 1 aromatic carbocycles. The summed E-state index contributed by atoms with van der Waals surface area (Å²) in [4.78, 5) is 10.5. The number of nitrogens with two attached hydrogens (primary N) is 1. The Morgan fingerprint density at radius 3 is 2.95 bits per heavy atom. The number of hydrogen-bond donors (Lipinski definition) is 2. The van der Waals surface area contributed by atoms with Gasteiger partial charge in [-0.05, 0) is 24.1 Å². The van der Waals surface area contributed by atoms with Gasteiger partial charge in [-0.2, -0.15) is 5.10 Å². The number of benzene rings is 1. The number of nitrogens with one attached hydrogen (secondary N) is 1. The van der Waals surface area contributed by atoms with E-state index in [0.29, 0.717) is 12.2 Å². The summed E-state index contributed by atoms with van der Waals surface area (Å²) < 4.78 is 18.9. The van der Waals surface area contributed by atoms with Gasteiger partial charge in [0.05, 0.1) is 12.8 Å². The Morgan fingerprint density at radius 2 is 2.25 bits per heavy atom. The van der Waals surface area contributed by atoms with Crippen molar-refractivity contribution in [2.24, 2.45) is 10.8 Å². The minimum Gasteiger partial charge on any atom is -0.490 e. The van der Waals surface area contributed by atoms with E-state index in [1.54, 1.807) is 0 Å². The van der Waals surface area contributed by atoms with Gasteiger partial charge in [0.25, 0.3) is 0 Å². The summed E-state index contributed by atoms with van der Waals surface area (Å²) in [5.74, 6) is -0.231. The van der Waals surface area contributed by atoms with E-state index >= 15 is 0 Å². The van der Waals surface area contributed by atoms with Crippen LogP contribution in [0.2, 0.25) is 0 Å². The van der Waals surface area contributed by atoms with Crippen molar-refractivity contribution in [2.45, 2.75) is 32.6 Å². The lowest BCUT2D eigenvalue weighted by molar-refractivity contribution is 0.249. The Bertz CT molecular complexity index is 464. The minimum atomic E-state index is -0.754. The average molecular weight is 281 g/mol. The van der Waals surface area contributed by atoms with Crippen LogP contribution in [0.3, 0.4) is 0 Å². The van der Waals surface area contributed by atoms with Gasteiger partial charge in [-0.15, -0.1) is 0 Å². The SMILES string of the molecule is CCCCCCOc1cc(C=NNC(N)=O)ccc1F. The predicted molar refractivity (Wildman–Crippen MR) is 76.4 cm³/mol. The van der Waals surface area contributed by atoms with Crippen LogP contribution in [0.15, 0.2) is 23.3 Å². The molecule has 1 rings (SSSR count). The molecule has 0 radical (unpaired) electrons. The molecule has 0 spiro atoms. The molecule has 0 aliphatic heterocycles. The first-order chi connectivity index (χ1) is 9.63. The third-order valence-electron chi connectivity index (χ3n) is 2.60. The molecule has 0 aromatic heterocycles. The number of rotatable bonds is 8. The third-order valence-corrected chi connectivity index (χ3v) is 2.60. The van der Waals surface area contributed by atoms with Gasteiger partial charge in [0, 0.05) is 0 Å². The summed E-state index contributed by atoms with van der Waals surface area (Å²) >= 11 is 0. The number of urea groups is 1. The van der Waals surface area contributed by atoms with E-state index in [1.165, 1.54) is 24.4 Å². The number of nitrogens with zero attached hydrogens (tertiary/aromatic N) is 1. The summed E-state index contributed by atoms with van der Waals surface area (Å²) in [7, 11) is 0. The third kappa shape index (κ3) is 6.17. The first kappa shape index (κ1) is 15.9. The maximum atomic E-state index is 13.5. The first-order valence-corrected chi connectivity index (χ1v) is 6.64. The summed E-state index contributed by atoms with van der Waals surface area (Å²) in [6.07, 6.45) is 5.63. The number of amides is 2. The van der Waals surface area contributed by atoms with Gasteiger partial charge in [0.15, 0.2) is 11.6 Å². The molecule has 6 heteroatoms. The van der Waals surface area contributed by atoms with Crippen LogP contribution < -0.4 is 15.9 Å². The van der Waals surface area contributed by atoms with Crippen LogP contribution in [-0.4, -0.2) is 18.9 Å². The maximum Gasteiger partial charge on any atom is 0.332 e. The van der Waals surface area contributed by atoms with Crippen molar-refractivity contribution in [3.05, 3.63) is 29.6 Å². The molecule has 20 heavy (non-hydrogen) atoms. The molecule has 0 atom stereocenters. The number of carbonyl (C=O) groups is 1. The highest BCUT2D eigenvalue weighted by Crippen LogP contribution is 2.18. The zero-order valence-electron chi connectivity index (χ0n) is 11.6. The van der Waals surface area contributed by atoms with Crippen LogP contribution in [0.5, 0.6) is 5.75 Å². The Morgan fingerprint density at radius 1 is 1.45 bits per heavy atom. The van der Waals surface area contributed by atoms with E-state index in [9.17, 15) is 9.18 Å². The summed E-state index contributed by atoms with van der Waals surface area (Å²) in [6, 6.07) is 3.61. The van der Waals surface area contributed by atoms with E-state index < -0.39 is 11.8 Å². The van der Waals surface area contributed by atoms with Crippen molar-refractivity contribution in [1.82, 2.24) is 5.43 Å². The Balaban J connectivity index is 2.53. The molecule has 0 aliphatic carbocycles. The topological polar surface area (TPSA) is 76.7 Å². The maximum absolute atomic E-state index is 13.5. The number of hydrogen-bond acceptors (Lipinski definition) is 3. The highest BCUT2D eigenvalue weighted by atomic mass is 19.1. The molecular weight excluding hydrogens is 261 g/mol. The molecule has 0 bridgehead atoms. The van der Waals surface area contributed by atoms with Gasteiger partial charge < -0.3 is 10.5 Å². The summed E-state index contributed by atoms with van der Waals surface area (Å²) in [6.45, 7) is 2.61. The van der Waals surface area contributed by atoms with E-state index in [-0.39, 0.29) is 5.75 Å². The fourth-order valence-electron chi connectivity index (χ4n) is 1.59. The van der Waals surface area contributed by atoms with Crippen molar-refractivity contribution in [2.75, 3.05) is 6.61 Å². The van der Waals surface area contributed by atoms with Crippen LogP contribution in [0.4, 0.5) is 9.18 Å². The number of halogens is 1. The molecule has 110 valence electrons. The van der Waals surface area contributed by atoms with Crippen molar-refractivity contribution >= 4 is 12.2 Å². The normalized spacial score (nSPS) is 10.7. The van der Waals surface area contributed by atoms with Crippen molar-refractivity contribution in [3.8, 4) is 5.75 Å². The molecule has 0 heterocycles. The van der Waals surface area contributed by atoms with Crippen LogP contribution in [0, 0.1) is 5.82 Å². The number of primary amides is 1. The first-order valence-electron chi connectivity index (χ1n) is 6.64. The standard InChI is InChI=1S/C14H20FN3O2/c1-2-3-4-5-8-20-13-9-11(6-7-12(13)15)10-17-18-14(16)19/h6-7,9-10H,2-5,8H2,1H3,(H3,16,18,19). The second-order valence-electron chi connectivity index (χ2n) is 4.33. The molecule has 0 fully saturated rings. The van der Waals surface area contributed by atoms with E-state index in [0.717, 1.165) is 25.7 Å². The number of carbonyl (C=O) groups excluding carboxylic acids is 1. The van der Waals surface area contributed by atoms with Gasteiger partial charge in [-0.1, -0.05) is 32.3 Å². The smallest absolute Gasteiger partial charge is 0.332 e. The lowest BCUT2D eigenvalue weighted by atomic mass is 10.2. The van der Waals surface area contributed by atoms with E-state index in [1.807, 2.05) is 0 Å². The van der Waals surface area contributed by atoms with Gasteiger partial charge in [0.1, 0.15) is 0 Å². The molecular formula is C14H20FN3O2. The lowest BCUT2D eigenvalue weighted by Crippen LogP contribution is -2.24. The minimum absolute atomic E-state index is 0.185. The van der Waals surface area contributed by atoms with Crippen molar-refractivity contribution < 1.29 is 13.9 Å². The fraction of sp³-hybridized carbons (Fsp3) is 0.429. The highest BCUT2D eigenvalue weighted by Gasteiger charge is 2.04. The second kappa shape index (κ2) is 8.90. The van der Waals surface area contributed by atoms with Crippen molar-refractivity contribution in [3.63, 3.8) is 0 Å². The second-order valence-corrected chi connectivity index (χ2v) is 4.33. The highest BCUT2D eigenvalue weighted by molar-refractivity contribution is 5.81. The average Bonchev–Trinajstić information content (AvgIpc) is 2.41. The van der Waals surface area contributed by atoms with Crippen LogP contribution in [0.1, 0.15) is 38.2 Å².